The van der Waals surface area contributed by atoms with Gasteiger partial charge in [-0.2, -0.15) is 0 Å². The molecule has 0 saturated carbocycles. The first-order valence-corrected chi connectivity index (χ1v) is 6.41. The Kier molecular flexibility index (Phi) is 4.56. The average molecular weight is 292 g/mol. The molecule has 0 fully saturated rings. The Morgan fingerprint density at radius 2 is 1.90 bits per heavy atom. The first kappa shape index (κ1) is 15.0. The van der Waals surface area contributed by atoms with E-state index in [4.69, 9.17) is 10.2 Å². The number of aromatic nitrogens is 1. The molecule has 0 spiro atoms. The predicted molar refractivity (Wildman–Crippen MR) is 74.8 cm³/mol. The summed E-state index contributed by atoms with van der Waals surface area (Å²) in [5.74, 6) is -2.63. The third kappa shape index (κ3) is 3.59. The number of aliphatic hydroxyl groups excluding tert-OH is 1. The standard InChI is InChI=1S/C14H16N2O5/c17-12(14(20)21)5-11(13(18)19)16-7-8-6-15-10-4-2-1-3-9(8)10/h1-4,6,11-12,15-17H,5,7H2,(H,18,19)(H,20,21). The molecule has 0 bridgehead atoms. The number of hydrogen-bond donors (Lipinski definition) is 5. The van der Waals surface area contributed by atoms with E-state index in [1.165, 1.54) is 0 Å². The molecular formula is C14H16N2O5. The maximum absolute atomic E-state index is 11.1. The number of hydrogen-bond acceptors (Lipinski definition) is 4. The Morgan fingerprint density at radius 3 is 2.57 bits per heavy atom. The Balaban J connectivity index is 2.05. The number of nitrogens with one attached hydrogen (secondary N) is 2. The predicted octanol–water partition coefficient (Wildman–Crippen LogP) is 0.546. The molecule has 0 aliphatic heterocycles. The van der Waals surface area contributed by atoms with E-state index in [1.54, 1.807) is 6.20 Å². The summed E-state index contributed by atoms with van der Waals surface area (Å²) >= 11 is 0. The number of carboxylic acids is 2. The number of H-pyrrole nitrogens is 1. The summed E-state index contributed by atoms with van der Waals surface area (Å²) in [5.41, 5.74) is 1.81. The zero-order valence-corrected chi connectivity index (χ0v) is 11.1. The van der Waals surface area contributed by atoms with Gasteiger partial charge in [-0.25, -0.2) is 4.79 Å². The molecule has 1 heterocycles. The average Bonchev–Trinajstić information content (AvgIpc) is 2.86. The fourth-order valence-electron chi connectivity index (χ4n) is 2.11. The van der Waals surface area contributed by atoms with Crippen molar-refractivity contribution in [1.29, 1.82) is 0 Å². The van der Waals surface area contributed by atoms with Crippen LogP contribution >= 0.6 is 0 Å². The van der Waals surface area contributed by atoms with Crippen LogP contribution in [0.25, 0.3) is 10.9 Å². The SMILES string of the molecule is O=C(O)C(O)CC(NCc1c[nH]c2ccccc12)C(=O)O. The Bertz CT molecular complexity index is 652. The van der Waals surface area contributed by atoms with Gasteiger partial charge in [0.15, 0.2) is 6.10 Å². The molecule has 5 N–H and O–H groups in total. The van der Waals surface area contributed by atoms with Crippen LogP contribution in [-0.4, -0.2) is 44.4 Å². The number of carbonyl (C=O) groups is 2. The summed E-state index contributed by atoms with van der Waals surface area (Å²) < 4.78 is 0. The quantitative estimate of drug-likeness (QED) is 0.508. The van der Waals surface area contributed by atoms with Crippen LogP contribution in [0, 0.1) is 0 Å². The molecule has 112 valence electrons. The maximum Gasteiger partial charge on any atom is 0.332 e. The van der Waals surface area contributed by atoms with Gasteiger partial charge in [0, 0.05) is 30.1 Å². The molecule has 0 amide bonds. The summed E-state index contributed by atoms with van der Waals surface area (Å²) in [6.45, 7) is 0.257. The second-order valence-electron chi connectivity index (χ2n) is 4.72. The number of aliphatic carboxylic acids is 2. The third-order valence-electron chi connectivity index (χ3n) is 3.26. The zero-order valence-electron chi connectivity index (χ0n) is 11.1. The fraction of sp³-hybridized carbons (Fsp3) is 0.286. The summed E-state index contributed by atoms with van der Waals surface area (Å²) in [7, 11) is 0. The first-order valence-electron chi connectivity index (χ1n) is 6.41. The number of rotatable bonds is 7. The minimum atomic E-state index is -1.71. The van der Waals surface area contributed by atoms with Crippen LogP contribution in [-0.2, 0) is 16.1 Å². The number of benzene rings is 1. The van der Waals surface area contributed by atoms with E-state index in [9.17, 15) is 14.7 Å². The molecule has 7 heteroatoms. The number of para-hydroxylation sites is 1. The van der Waals surface area contributed by atoms with Crippen LogP contribution in [0.2, 0.25) is 0 Å². The van der Waals surface area contributed by atoms with Crippen molar-refractivity contribution in [3.8, 4) is 0 Å². The zero-order chi connectivity index (χ0) is 15.4. The molecule has 0 saturated heterocycles. The van der Waals surface area contributed by atoms with Crippen LogP contribution in [0.1, 0.15) is 12.0 Å². The molecule has 21 heavy (non-hydrogen) atoms. The molecular weight excluding hydrogens is 276 g/mol. The normalized spacial score (nSPS) is 14.0. The monoisotopic (exact) mass is 292 g/mol. The van der Waals surface area contributed by atoms with Crippen molar-refractivity contribution in [2.24, 2.45) is 0 Å². The lowest BCUT2D eigenvalue weighted by atomic mass is 10.1. The number of fused-ring (bicyclic) bond motifs is 1. The van der Waals surface area contributed by atoms with E-state index in [-0.39, 0.29) is 6.54 Å². The lowest BCUT2D eigenvalue weighted by Gasteiger charge is -2.15. The lowest BCUT2D eigenvalue weighted by molar-refractivity contribution is -0.148. The molecule has 2 atom stereocenters. The molecule has 7 nitrogen and oxygen atoms in total. The largest absolute Gasteiger partial charge is 0.480 e. The second-order valence-corrected chi connectivity index (χ2v) is 4.72. The maximum atomic E-state index is 11.1. The highest BCUT2D eigenvalue weighted by atomic mass is 16.4. The minimum absolute atomic E-state index is 0.257. The number of carboxylic acid groups (broad SMARTS) is 2. The van der Waals surface area contributed by atoms with Crippen molar-refractivity contribution in [2.45, 2.75) is 25.1 Å². The molecule has 2 aromatic rings. The topological polar surface area (TPSA) is 123 Å². The van der Waals surface area contributed by atoms with Crippen molar-refractivity contribution in [2.75, 3.05) is 0 Å². The van der Waals surface area contributed by atoms with Gasteiger partial charge in [0.25, 0.3) is 0 Å². The summed E-state index contributed by atoms with van der Waals surface area (Å²) in [4.78, 5) is 24.8. The fourth-order valence-corrected chi connectivity index (χ4v) is 2.11. The van der Waals surface area contributed by atoms with Gasteiger partial charge < -0.3 is 25.6 Å². The van der Waals surface area contributed by atoms with Gasteiger partial charge in [0.1, 0.15) is 6.04 Å². The van der Waals surface area contributed by atoms with Crippen LogP contribution < -0.4 is 5.32 Å². The van der Waals surface area contributed by atoms with Crippen molar-refractivity contribution < 1.29 is 24.9 Å². The van der Waals surface area contributed by atoms with E-state index >= 15 is 0 Å². The first-order chi connectivity index (χ1) is 9.99. The number of aromatic amines is 1. The molecule has 0 aliphatic carbocycles. The highest BCUT2D eigenvalue weighted by Gasteiger charge is 2.25. The van der Waals surface area contributed by atoms with Crippen molar-refractivity contribution in [3.05, 3.63) is 36.0 Å². The van der Waals surface area contributed by atoms with Gasteiger partial charge >= 0.3 is 11.9 Å². The van der Waals surface area contributed by atoms with E-state index in [2.05, 4.69) is 10.3 Å². The van der Waals surface area contributed by atoms with E-state index in [0.29, 0.717) is 0 Å². The molecule has 0 aliphatic rings. The Hall–Kier alpha value is -2.38. The van der Waals surface area contributed by atoms with Crippen LogP contribution in [0.4, 0.5) is 0 Å². The van der Waals surface area contributed by atoms with Gasteiger partial charge in [-0.3, -0.25) is 4.79 Å². The molecule has 2 rings (SSSR count). The van der Waals surface area contributed by atoms with Crippen LogP contribution in [0.5, 0.6) is 0 Å². The minimum Gasteiger partial charge on any atom is -0.480 e. The summed E-state index contributed by atoms with van der Waals surface area (Å²) in [6, 6.07) is 6.44. The highest BCUT2D eigenvalue weighted by molar-refractivity contribution is 5.83. The smallest absolute Gasteiger partial charge is 0.332 e. The van der Waals surface area contributed by atoms with Gasteiger partial charge in [-0.1, -0.05) is 18.2 Å². The lowest BCUT2D eigenvalue weighted by Crippen LogP contribution is -2.40. The van der Waals surface area contributed by atoms with E-state index in [0.717, 1.165) is 16.5 Å². The summed E-state index contributed by atoms with van der Waals surface area (Å²) in [5, 5.41) is 30.7. The summed E-state index contributed by atoms with van der Waals surface area (Å²) in [6.07, 6.45) is -0.335. The van der Waals surface area contributed by atoms with Crippen molar-refractivity contribution in [1.82, 2.24) is 10.3 Å². The number of aliphatic hydroxyl groups is 1. The van der Waals surface area contributed by atoms with E-state index in [1.807, 2.05) is 24.3 Å². The molecule has 1 aromatic heterocycles. The highest BCUT2D eigenvalue weighted by Crippen LogP contribution is 2.17. The van der Waals surface area contributed by atoms with Gasteiger partial charge in [0.05, 0.1) is 0 Å². The Morgan fingerprint density at radius 1 is 1.19 bits per heavy atom. The molecule has 0 radical (unpaired) electrons. The molecule has 2 unspecified atom stereocenters. The second kappa shape index (κ2) is 6.38. The van der Waals surface area contributed by atoms with E-state index < -0.39 is 30.5 Å². The van der Waals surface area contributed by atoms with Crippen LogP contribution in [0.15, 0.2) is 30.5 Å². The van der Waals surface area contributed by atoms with Gasteiger partial charge in [-0.05, 0) is 11.6 Å². The molecule has 1 aromatic carbocycles. The van der Waals surface area contributed by atoms with Crippen LogP contribution in [0.3, 0.4) is 0 Å². The van der Waals surface area contributed by atoms with Crippen molar-refractivity contribution >= 4 is 22.8 Å². The Labute approximate surface area is 120 Å². The van der Waals surface area contributed by atoms with Gasteiger partial charge in [-0.15, -0.1) is 0 Å². The third-order valence-corrected chi connectivity index (χ3v) is 3.26. The van der Waals surface area contributed by atoms with Gasteiger partial charge in [0.2, 0.25) is 0 Å². The van der Waals surface area contributed by atoms with Crippen molar-refractivity contribution in [3.63, 3.8) is 0 Å².